The third-order valence-corrected chi connectivity index (χ3v) is 3.90. The highest BCUT2D eigenvalue weighted by Gasteiger charge is 2.15. The molecule has 2 N–H and O–H groups in total. The van der Waals surface area contributed by atoms with Gasteiger partial charge in [0.15, 0.2) is 0 Å². The third-order valence-electron chi connectivity index (χ3n) is 3.28. The quantitative estimate of drug-likeness (QED) is 0.528. The van der Waals surface area contributed by atoms with Gasteiger partial charge in [0.25, 0.3) is 0 Å². The molecule has 0 spiro atoms. The zero-order chi connectivity index (χ0) is 14.3. The van der Waals surface area contributed by atoms with Crippen molar-refractivity contribution >= 4 is 15.9 Å². The lowest BCUT2D eigenvalue weighted by atomic mass is 10.00. The van der Waals surface area contributed by atoms with Gasteiger partial charge in [-0.05, 0) is 40.9 Å². The molecule has 0 saturated carbocycles. The van der Waals surface area contributed by atoms with Gasteiger partial charge in [-0.1, -0.05) is 39.0 Å². The zero-order valence-corrected chi connectivity index (χ0v) is 13.0. The fraction of sp³-hybridized carbons (Fsp3) is 0.600. The van der Waals surface area contributed by atoms with Crippen LogP contribution < -0.4 is 5.73 Å². The van der Waals surface area contributed by atoms with Crippen LogP contribution in [0.25, 0.3) is 0 Å². The number of halogens is 3. The highest BCUT2D eigenvalue weighted by atomic mass is 79.9. The van der Waals surface area contributed by atoms with E-state index in [2.05, 4.69) is 22.9 Å². The van der Waals surface area contributed by atoms with E-state index in [4.69, 9.17) is 5.73 Å². The molecule has 0 aromatic heterocycles. The number of hydrogen-bond donors (Lipinski definition) is 1. The Bertz CT molecular complexity index is 396. The molecule has 0 aliphatic carbocycles. The maximum absolute atomic E-state index is 13.8. The number of hydrogen-bond acceptors (Lipinski definition) is 1. The van der Waals surface area contributed by atoms with E-state index in [0.29, 0.717) is 4.47 Å². The maximum atomic E-state index is 13.8. The summed E-state index contributed by atoms with van der Waals surface area (Å²) in [4.78, 5) is 0. The number of nitrogens with two attached hydrogens (primary N) is 1. The van der Waals surface area contributed by atoms with E-state index in [1.807, 2.05) is 0 Å². The molecule has 4 heteroatoms. The lowest BCUT2D eigenvalue weighted by Crippen LogP contribution is -2.24. The van der Waals surface area contributed by atoms with Crippen molar-refractivity contribution in [3.8, 4) is 0 Å². The van der Waals surface area contributed by atoms with Crippen LogP contribution in [0.1, 0.15) is 51.0 Å². The van der Waals surface area contributed by atoms with Gasteiger partial charge in [0.2, 0.25) is 0 Å². The van der Waals surface area contributed by atoms with Crippen molar-refractivity contribution < 1.29 is 8.78 Å². The van der Waals surface area contributed by atoms with Crippen LogP contribution in [-0.4, -0.2) is 6.04 Å². The Labute approximate surface area is 122 Å². The normalized spacial score (nSPS) is 12.7. The van der Waals surface area contributed by atoms with Gasteiger partial charge < -0.3 is 5.73 Å². The van der Waals surface area contributed by atoms with Gasteiger partial charge in [-0.25, -0.2) is 8.78 Å². The summed E-state index contributed by atoms with van der Waals surface area (Å²) in [6.45, 7) is 2.17. The average Bonchev–Trinajstić information content (AvgIpc) is 2.39. The van der Waals surface area contributed by atoms with Crippen LogP contribution in [0.4, 0.5) is 8.78 Å². The van der Waals surface area contributed by atoms with Crippen molar-refractivity contribution in [2.24, 2.45) is 5.73 Å². The van der Waals surface area contributed by atoms with E-state index in [-0.39, 0.29) is 18.0 Å². The Kier molecular flexibility index (Phi) is 7.54. The summed E-state index contributed by atoms with van der Waals surface area (Å²) in [7, 11) is 0. The second-order valence-corrected chi connectivity index (χ2v) is 5.84. The molecule has 0 fully saturated rings. The number of rotatable bonds is 8. The largest absolute Gasteiger partial charge is 0.327 e. The number of benzene rings is 1. The van der Waals surface area contributed by atoms with Crippen LogP contribution in [-0.2, 0) is 6.42 Å². The summed E-state index contributed by atoms with van der Waals surface area (Å²) >= 11 is 3.07. The smallest absolute Gasteiger partial charge is 0.143 e. The Morgan fingerprint density at radius 1 is 1.16 bits per heavy atom. The molecular weight excluding hydrogens is 312 g/mol. The van der Waals surface area contributed by atoms with Crippen LogP contribution in [0.2, 0.25) is 0 Å². The Hall–Kier alpha value is -0.480. The van der Waals surface area contributed by atoms with Crippen molar-refractivity contribution in [2.45, 2.75) is 57.9 Å². The Morgan fingerprint density at radius 2 is 1.84 bits per heavy atom. The fourth-order valence-electron chi connectivity index (χ4n) is 2.13. The number of unbranched alkanes of at least 4 members (excludes halogenated alkanes) is 4. The van der Waals surface area contributed by atoms with Crippen molar-refractivity contribution in [3.63, 3.8) is 0 Å². The van der Waals surface area contributed by atoms with Gasteiger partial charge in [-0.15, -0.1) is 0 Å². The van der Waals surface area contributed by atoms with Crippen LogP contribution in [0.5, 0.6) is 0 Å². The Balaban J connectivity index is 2.44. The second-order valence-electron chi connectivity index (χ2n) is 4.99. The van der Waals surface area contributed by atoms with Gasteiger partial charge in [0.1, 0.15) is 11.6 Å². The molecule has 1 nitrogen and oxygen atoms in total. The zero-order valence-electron chi connectivity index (χ0n) is 11.4. The first-order valence-corrected chi connectivity index (χ1v) is 7.73. The highest BCUT2D eigenvalue weighted by molar-refractivity contribution is 9.10. The molecule has 0 saturated heterocycles. The van der Waals surface area contributed by atoms with Crippen LogP contribution in [0.15, 0.2) is 16.6 Å². The molecule has 0 heterocycles. The maximum Gasteiger partial charge on any atom is 0.143 e. The van der Waals surface area contributed by atoms with Crippen molar-refractivity contribution in [1.29, 1.82) is 0 Å². The topological polar surface area (TPSA) is 26.0 Å². The van der Waals surface area contributed by atoms with E-state index in [1.165, 1.54) is 31.4 Å². The van der Waals surface area contributed by atoms with E-state index >= 15 is 0 Å². The standard InChI is InChI=1S/C15H22BrF2N/c1-2-3-4-5-6-7-11(19)10-12-14(17)9-8-13(16)15(12)18/h8-9,11H,2-7,10,19H2,1H3. The molecular formula is C15H22BrF2N. The molecule has 0 aliphatic heterocycles. The summed E-state index contributed by atoms with van der Waals surface area (Å²) in [5.41, 5.74) is 6.05. The van der Waals surface area contributed by atoms with Gasteiger partial charge in [0.05, 0.1) is 4.47 Å². The van der Waals surface area contributed by atoms with Crippen LogP contribution in [0.3, 0.4) is 0 Å². The molecule has 0 amide bonds. The fourth-order valence-corrected chi connectivity index (χ4v) is 2.50. The highest BCUT2D eigenvalue weighted by Crippen LogP contribution is 2.23. The van der Waals surface area contributed by atoms with E-state index in [1.54, 1.807) is 0 Å². The summed E-state index contributed by atoms with van der Waals surface area (Å²) in [6.07, 6.45) is 6.90. The molecule has 1 aromatic rings. The molecule has 0 bridgehead atoms. The van der Waals surface area contributed by atoms with Crippen molar-refractivity contribution in [2.75, 3.05) is 0 Å². The predicted molar refractivity (Wildman–Crippen MR) is 79.1 cm³/mol. The lowest BCUT2D eigenvalue weighted by molar-refractivity contribution is 0.501. The Morgan fingerprint density at radius 3 is 2.53 bits per heavy atom. The molecule has 1 unspecified atom stereocenters. The van der Waals surface area contributed by atoms with Crippen LogP contribution >= 0.6 is 15.9 Å². The van der Waals surface area contributed by atoms with Gasteiger partial charge in [0, 0.05) is 11.6 Å². The first-order chi connectivity index (χ1) is 9.06. The molecule has 0 radical (unpaired) electrons. The molecule has 19 heavy (non-hydrogen) atoms. The second kappa shape index (κ2) is 8.64. The van der Waals surface area contributed by atoms with Crippen molar-refractivity contribution in [1.82, 2.24) is 0 Å². The third kappa shape index (κ3) is 5.57. The molecule has 1 rings (SSSR count). The van der Waals surface area contributed by atoms with Crippen LogP contribution in [0, 0.1) is 11.6 Å². The van der Waals surface area contributed by atoms with Gasteiger partial charge >= 0.3 is 0 Å². The summed E-state index contributed by atoms with van der Waals surface area (Å²) in [5, 5.41) is 0. The molecule has 108 valence electrons. The monoisotopic (exact) mass is 333 g/mol. The van der Waals surface area contributed by atoms with E-state index in [0.717, 1.165) is 19.3 Å². The SMILES string of the molecule is CCCCCCCC(N)Cc1c(F)ccc(Br)c1F. The minimum atomic E-state index is -0.526. The predicted octanol–water partition coefficient (Wildman–Crippen LogP) is 4.96. The molecule has 1 aromatic carbocycles. The van der Waals surface area contributed by atoms with Gasteiger partial charge in [-0.2, -0.15) is 0 Å². The minimum Gasteiger partial charge on any atom is -0.327 e. The first-order valence-electron chi connectivity index (χ1n) is 6.94. The minimum absolute atomic E-state index is 0.0930. The average molecular weight is 334 g/mol. The van der Waals surface area contributed by atoms with E-state index in [9.17, 15) is 8.78 Å². The van der Waals surface area contributed by atoms with Gasteiger partial charge in [-0.3, -0.25) is 0 Å². The molecule has 0 aliphatic rings. The lowest BCUT2D eigenvalue weighted by Gasteiger charge is -2.13. The van der Waals surface area contributed by atoms with Crippen molar-refractivity contribution in [3.05, 3.63) is 33.8 Å². The van der Waals surface area contributed by atoms with E-state index < -0.39 is 11.6 Å². The first kappa shape index (κ1) is 16.6. The summed E-state index contributed by atoms with van der Waals surface area (Å²) in [6, 6.07) is 2.47. The molecule has 1 atom stereocenters. The summed E-state index contributed by atoms with van der Waals surface area (Å²) < 4.78 is 27.6. The summed E-state index contributed by atoms with van der Waals surface area (Å²) in [5.74, 6) is -1.04.